The van der Waals surface area contributed by atoms with Gasteiger partial charge in [0.2, 0.25) is 0 Å². The van der Waals surface area contributed by atoms with Gasteiger partial charge in [-0.1, -0.05) is 43.1 Å². The summed E-state index contributed by atoms with van der Waals surface area (Å²) < 4.78 is 11.3. The molecule has 1 aromatic rings. The van der Waals surface area contributed by atoms with Crippen LogP contribution in [-0.2, 0) is 0 Å². The van der Waals surface area contributed by atoms with Gasteiger partial charge in [-0.25, -0.2) is 0 Å². The molecule has 1 aromatic carbocycles. The Labute approximate surface area is 146 Å². The quantitative estimate of drug-likeness (QED) is 0.550. The highest BCUT2D eigenvalue weighted by Gasteiger charge is 2.19. The summed E-state index contributed by atoms with van der Waals surface area (Å²) in [4.78, 5) is -0.866. The third kappa shape index (κ3) is 4.54. The predicted molar refractivity (Wildman–Crippen MR) is 93.7 cm³/mol. The van der Waals surface area contributed by atoms with Gasteiger partial charge in [-0.05, 0) is 41.8 Å². The van der Waals surface area contributed by atoms with E-state index in [1.165, 1.54) is 16.7 Å². The molecule has 3 nitrogen and oxygen atoms in total. The van der Waals surface area contributed by atoms with Crippen LogP contribution in [0.1, 0.15) is 25.3 Å². The zero-order valence-electron chi connectivity index (χ0n) is 13.1. The number of methoxy groups -OCH3 is 1. The molecule has 0 radical (unpaired) electrons. The van der Waals surface area contributed by atoms with Crippen LogP contribution < -0.4 is 9.47 Å². The number of hydrogen-bond donors (Lipinski definition) is 0. The fourth-order valence-electron chi connectivity index (χ4n) is 2.17. The first-order chi connectivity index (χ1) is 11.0. The number of alkyl halides is 2. The average molecular weight is 350 g/mol. The normalized spacial score (nSPS) is 10.7. The highest BCUT2D eigenvalue weighted by molar-refractivity contribution is 6.46. The van der Waals surface area contributed by atoms with E-state index in [0.29, 0.717) is 5.92 Å². The molecule has 3 rings (SSSR count). The van der Waals surface area contributed by atoms with Crippen molar-refractivity contribution in [2.45, 2.75) is 24.6 Å². The van der Waals surface area contributed by atoms with Gasteiger partial charge in [-0.3, -0.25) is 0 Å². The molecular weight excluding hydrogens is 333 g/mol. The molecule has 23 heavy (non-hydrogen) atoms. The topological polar surface area (TPSA) is 42.2 Å². The summed E-state index contributed by atoms with van der Waals surface area (Å²) in [6.45, 7) is 4.30. The molecule has 0 spiro atoms. The Kier molecular flexibility index (Phi) is 5.76. The van der Waals surface area contributed by atoms with E-state index in [1.54, 1.807) is 13.2 Å². The van der Waals surface area contributed by atoms with Gasteiger partial charge in [0, 0.05) is 11.1 Å². The Bertz CT molecular complexity index is 736. The third-order valence-electron chi connectivity index (χ3n) is 3.36. The van der Waals surface area contributed by atoms with Gasteiger partial charge >= 0.3 is 0 Å². The Morgan fingerprint density at radius 3 is 2.13 bits per heavy atom. The van der Waals surface area contributed by atoms with Gasteiger partial charge < -0.3 is 9.47 Å². The molecule has 0 N–H and O–H groups in total. The van der Waals surface area contributed by atoms with Crippen LogP contribution in [0.25, 0.3) is 11.1 Å². The van der Waals surface area contributed by atoms with Crippen LogP contribution >= 0.6 is 23.2 Å². The molecule has 0 unspecified atom stereocenters. The van der Waals surface area contributed by atoms with Crippen LogP contribution in [0, 0.1) is 11.3 Å². The molecule has 0 amide bonds. The predicted octanol–water partition coefficient (Wildman–Crippen LogP) is 5.90. The zero-order chi connectivity index (χ0) is 17.0. The number of fused-ring (bicyclic) bond motifs is 1. The van der Waals surface area contributed by atoms with Crippen molar-refractivity contribution in [2.24, 2.45) is 0 Å². The fraction of sp³-hybridized carbons (Fsp3) is 0.278. The van der Waals surface area contributed by atoms with E-state index in [2.05, 4.69) is 32.0 Å². The number of nitrogens with zero attached hydrogens (tertiary/aromatic N) is 1. The van der Waals surface area contributed by atoms with Crippen molar-refractivity contribution >= 4 is 23.2 Å². The molecule has 0 fully saturated rings. The number of benzene rings is 2. The van der Waals surface area contributed by atoms with Crippen LogP contribution in [-0.4, -0.2) is 11.9 Å². The average Bonchev–Trinajstić information content (AvgIpc) is 3.22. The van der Waals surface area contributed by atoms with Crippen molar-refractivity contribution < 1.29 is 9.47 Å². The van der Waals surface area contributed by atoms with Gasteiger partial charge in [0.25, 0.3) is 0 Å². The van der Waals surface area contributed by atoms with Crippen LogP contribution in [0.3, 0.4) is 0 Å². The van der Waals surface area contributed by atoms with Crippen LogP contribution in [0.5, 0.6) is 17.2 Å². The van der Waals surface area contributed by atoms with Gasteiger partial charge in [-0.15, -0.1) is 0 Å². The van der Waals surface area contributed by atoms with Gasteiger partial charge in [-0.2, -0.15) is 5.26 Å². The highest BCUT2D eigenvalue weighted by atomic mass is 35.5. The molecule has 0 bridgehead atoms. The molecular formula is C18H17Cl2NO2. The second-order valence-corrected chi connectivity index (χ2v) is 6.40. The van der Waals surface area contributed by atoms with Crippen molar-refractivity contribution in [1.82, 2.24) is 0 Å². The number of nitriles is 1. The molecule has 0 saturated carbocycles. The summed E-state index contributed by atoms with van der Waals surface area (Å²) in [6, 6.07) is 13.8. The van der Waals surface area contributed by atoms with E-state index in [0.717, 1.165) is 17.2 Å². The fourth-order valence-corrected chi connectivity index (χ4v) is 2.17. The lowest BCUT2D eigenvalue weighted by Gasteiger charge is -2.13. The lowest BCUT2D eigenvalue weighted by Crippen LogP contribution is -1.95. The monoisotopic (exact) mass is 349 g/mol. The zero-order valence-corrected chi connectivity index (χ0v) is 14.7. The summed E-state index contributed by atoms with van der Waals surface area (Å²) in [6.07, 6.45) is 0. The van der Waals surface area contributed by atoms with Crippen molar-refractivity contribution in [1.29, 1.82) is 5.26 Å². The van der Waals surface area contributed by atoms with E-state index in [9.17, 15) is 0 Å². The second-order valence-electron chi connectivity index (χ2n) is 5.30. The number of halogens is 2. The Morgan fingerprint density at radius 2 is 1.70 bits per heavy atom. The van der Waals surface area contributed by atoms with E-state index in [1.807, 2.05) is 18.2 Å². The molecule has 0 saturated heterocycles. The van der Waals surface area contributed by atoms with Crippen molar-refractivity contribution in [3.05, 3.63) is 42.0 Å². The Balaban J connectivity index is 0.000000338. The molecule has 2 aliphatic rings. The molecule has 0 aromatic heterocycles. The van der Waals surface area contributed by atoms with Crippen molar-refractivity contribution in [3.8, 4) is 34.4 Å². The minimum absolute atomic E-state index is 0.412. The minimum atomic E-state index is -0.866. The maximum absolute atomic E-state index is 7.63. The first kappa shape index (κ1) is 17.5. The van der Waals surface area contributed by atoms with Crippen molar-refractivity contribution in [3.63, 3.8) is 0 Å². The molecule has 0 heterocycles. The standard InChI is InChI=1S/C16H16O2.C2HCl2N/c1-10(2)13-9-12(5-7-15(13)17-3)18-16-6-4-11-8-14(11)16;3-2(4)1-5/h4-10H,1-3H3;2H. The summed E-state index contributed by atoms with van der Waals surface area (Å²) in [5.74, 6) is 3.15. The molecule has 2 aliphatic carbocycles. The largest absolute Gasteiger partial charge is 0.496 e. The maximum Gasteiger partial charge on any atom is 0.193 e. The van der Waals surface area contributed by atoms with E-state index >= 15 is 0 Å². The summed E-state index contributed by atoms with van der Waals surface area (Å²) >= 11 is 9.73. The van der Waals surface area contributed by atoms with E-state index < -0.39 is 4.84 Å². The van der Waals surface area contributed by atoms with Crippen LogP contribution in [0.4, 0.5) is 0 Å². The first-order valence-corrected chi connectivity index (χ1v) is 8.01. The van der Waals surface area contributed by atoms with Gasteiger partial charge in [0.15, 0.2) is 4.84 Å². The molecule has 0 atom stereocenters. The maximum atomic E-state index is 7.63. The molecule has 5 heteroatoms. The lowest BCUT2D eigenvalue weighted by atomic mass is 10.0. The minimum Gasteiger partial charge on any atom is -0.496 e. The molecule has 0 aliphatic heterocycles. The SMILES string of the molecule is COc1ccc(Oc2ccc3cc2-3)cc1C(C)C.N#CC(Cl)Cl. The number of rotatable bonds is 4. The first-order valence-electron chi connectivity index (χ1n) is 7.14. The van der Waals surface area contributed by atoms with E-state index in [4.69, 9.17) is 37.9 Å². The smallest absolute Gasteiger partial charge is 0.193 e. The van der Waals surface area contributed by atoms with Crippen molar-refractivity contribution in [2.75, 3.05) is 7.11 Å². The molecule has 120 valence electrons. The Hall–Kier alpha value is -1.89. The third-order valence-corrected chi connectivity index (χ3v) is 3.55. The summed E-state index contributed by atoms with van der Waals surface area (Å²) in [5.41, 5.74) is 3.70. The van der Waals surface area contributed by atoms with Crippen LogP contribution in [0.2, 0.25) is 0 Å². The van der Waals surface area contributed by atoms with Crippen LogP contribution in [0.15, 0.2) is 36.4 Å². The highest BCUT2D eigenvalue weighted by Crippen LogP contribution is 2.45. The number of ether oxygens (including phenoxy) is 2. The van der Waals surface area contributed by atoms with Gasteiger partial charge in [0.05, 0.1) is 13.2 Å². The van der Waals surface area contributed by atoms with Gasteiger partial charge in [0.1, 0.15) is 17.2 Å². The lowest BCUT2D eigenvalue weighted by molar-refractivity contribution is 0.405. The van der Waals surface area contributed by atoms with E-state index in [-0.39, 0.29) is 0 Å². The second kappa shape index (κ2) is 7.59. The number of hydrogen-bond acceptors (Lipinski definition) is 3. The Morgan fingerprint density at radius 1 is 1.04 bits per heavy atom. The summed E-state index contributed by atoms with van der Waals surface area (Å²) in [5, 5.41) is 7.63. The summed E-state index contributed by atoms with van der Waals surface area (Å²) in [7, 11) is 1.70.